The molecule has 1 rings (SSSR count). The van der Waals surface area contributed by atoms with Crippen molar-refractivity contribution < 1.29 is 28.4 Å². The van der Waals surface area contributed by atoms with Gasteiger partial charge in [0.1, 0.15) is 0 Å². The molecule has 102 valence electrons. The third-order valence-electron chi connectivity index (χ3n) is 2.11. The lowest BCUT2D eigenvalue weighted by Crippen LogP contribution is -2.41. The maximum absolute atomic E-state index is 11.4. The van der Waals surface area contributed by atoms with E-state index in [0.29, 0.717) is 0 Å². The molecule has 0 aromatic rings. The fourth-order valence-corrected chi connectivity index (χ4v) is 1.29. The molecule has 0 N–H and O–H groups in total. The molecule has 0 saturated carbocycles. The van der Waals surface area contributed by atoms with Crippen molar-refractivity contribution in [2.45, 2.75) is 0 Å². The number of allylic oxidation sites excluding steroid dienone is 2. The Kier molecular flexibility index (Phi) is 5.81. The van der Waals surface area contributed by atoms with Gasteiger partial charge in [-0.25, -0.2) is 4.79 Å². The summed E-state index contributed by atoms with van der Waals surface area (Å²) in [7, 11) is 1.78. The SMILES string of the molecule is COC(=O)/C=C/C=C/B1OC(=O)CN(C)CC(=O)O1. The van der Waals surface area contributed by atoms with Gasteiger partial charge in [0.15, 0.2) is 0 Å². The smallest absolute Gasteiger partial charge is 0.495 e. The zero-order chi connectivity index (χ0) is 14.3. The molecule has 0 aromatic heterocycles. The molecule has 1 fully saturated rings. The summed E-state index contributed by atoms with van der Waals surface area (Å²) in [6, 6.07) is 0. The van der Waals surface area contributed by atoms with E-state index in [2.05, 4.69) is 4.74 Å². The quantitative estimate of drug-likeness (QED) is 0.290. The first kappa shape index (κ1) is 15.0. The molecule has 1 saturated heterocycles. The van der Waals surface area contributed by atoms with Gasteiger partial charge in [0.25, 0.3) is 0 Å². The maximum atomic E-state index is 11.4. The minimum Gasteiger partial charge on any atom is -0.495 e. The minimum absolute atomic E-state index is 0.0113. The topological polar surface area (TPSA) is 82.1 Å². The highest BCUT2D eigenvalue weighted by Gasteiger charge is 2.28. The van der Waals surface area contributed by atoms with Gasteiger partial charge in [-0.05, 0) is 13.0 Å². The lowest BCUT2D eigenvalue weighted by atomic mass is 9.89. The molecule has 8 heteroatoms. The van der Waals surface area contributed by atoms with E-state index in [-0.39, 0.29) is 13.1 Å². The first-order chi connectivity index (χ1) is 9.01. The minimum atomic E-state index is -1.09. The van der Waals surface area contributed by atoms with Crippen molar-refractivity contribution in [3.05, 3.63) is 24.2 Å². The van der Waals surface area contributed by atoms with Gasteiger partial charge in [-0.1, -0.05) is 12.2 Å². The second kappa shape index (κ2) is 7.37. The first-order valence-electron chi connectivity index (χ1n) is 5.51. The first-order valence-corrected chi connectivity index (χ1v) is 5.51. The largest absolute Gasteiger partial charge is 0.628 e. The van der Waals surface area contributed by atoms with Crippen molar-refractivity contribution in [3.63, 3.8) is 0 Å². The molecule has 0 amide bonds. The van der Waals surface area contributed by atoms with Crippen LogP contribution in [0.3, 0.4) is 0 Å². The van der Waals surface area contributed by atoms with Gasteiger partial charge in [-0.3, -0.25) is 14.5 Å². The van der Waals surface area contributed by atoms with Crippen molar-refractivity contribution >= 4 is 25.0 Å². The molecule has 0 unspecified atom stereocenters. The Balaban J connectivity index is 2.58. The van der Waals surface area contributed by atoms with Crippen molar-refractivity contribution in [2.24, 2.45) is 0 Å². The highest BCUT2D eigenvalue weighted by Crippen LogP contribution is 2.01. The lowest BCUT2D eigenvalue weighted by Gasteiger charge is -2.20. The molecule has 0 spiro atoms. The Morgan fingerprint density at radius 3 is 2.37 bits per heavy atom. The van der Waals surface area contributed by atoms with E-state index in [1.807, 2.05) is 0 Å². The third-order valence-corrected chi connectivity index (χ3v) is 2.11. The van der Waals surface area contributed by atoms with E-state index >= 15 is 0 Å². The summed E-state index contributed by atoms with van der Waals surface area (Å²) in [6.07, 6.45) is 3.99. The summed E-state index contributed by atoms with van der Waals surface area (Å²) >= 11 is 0. The average molecular weight is 267 g/mol. The average Bonchev–Trinajstić information content (AvgIpc) is 2.31. The fourth-order valence-electron chi connectivity index (χ4n) is 1.29. The Bertz CT molecular complexity index is 399. The van der Waals surface area contributed by atoms with Crippen LogP contribution >= 0.6 is 0 Å². The second-order valence-electron chi connectivity index (χ2n) is 3.79. The molecule has 0 bridgehead atoms. The van der Waals surface area contributed by atoms with E-state index in [9.17, 15) is 14.4 Å². The summed E-state index contributed by atoms with van der Waals surface area (Å²) in [4.78, 5) is 35.0. The van der Waals surface area contributed by atoms with Gasteiger partial charge < -0.3 is 14.0 Å². The Morgan fingerprint density at radius 1 is 1.26 bits per heavy atom. The number of methoxy groups -OCH3 is 1. The second-order valence-corrected chi connectivity index (χ2v) is 3.79. The molecule has 7 nitrogen and oxygen atoms in total. The van der Waals surface area contributed by atoms with Gasteiger partial charge in [0.05, 0.1) is 20.2 Å². The van der Waals surface area contributed by atoms with Gasteiger partial charge in [0.2, 0.25) is 0 Å². The maximum Gasteiger partial charge on any atom is 0.628 e. The van der Waals surface area contributed by atoms with Crippen LogP contribution < -0.4 is 0 Å². The lowest BCUT2D eigenvalue weighted by molar-refractivity contribution is -0.145. The van der Waals surface area contributed by atoms with Crippen LogP contribution in [0.5, 0.6) is 0 Å². The van der Waals surface area contributed by atoms with Gasteiger partial charge in [-0.2, -0.15) is 0 Å². The molecule has 1 heterocycles. The van der Waals surface area contributed by atoms with E-state index in [4.69, 9.17) is 9.31 Å². The molecule has 19 heavy (non-hydrogen) atoms. The summed E-state index contributed by atoms with van der Waals surface area (Å²) in [5.41, 5.74) is 0. The predicted molar refractivity (Wildman–Crippen MR) is 65.7 cm³/mol. The Morgan fingerprint density at radius 2 is 1.84 bits per heavy atom. The van der Waals surface area contributed by atoms with Crippen LogP contribution in [0.2, 0.25) is 0 Å². The van der Waals surface area contributed by atoms with Crippen molar-refractivity contribution in [2.75, 3.05) is 27.2 Å². The third kappa shape index (κ3) is 5.87. The van der Waals surface area contributed by atoms with Crippen LogP contribution in [0.4, 0.5) is 0 Å². The number of ether oxygens (including phenoxy) is 1. The van der Waals surface area contributed by atoms with Crippen molar-refractivity contribution in [3.8, 4) is 0 Å². The van der Waals surface area contributed by atoms with Crippen molar-refractivity contribution in [1.29, 1.82) is 0 Å². The Hall–Kier alpha value is -2.09. The number of carbonyl (C=O) groups is 3. The zero-order valence-electron chi connectivity index (χ0n) is 10.7. The zero-order valence-corrected chi connectivity index (χ0v) is 10.7. The van der Waals surface area contributed by atoms with E-state index in [0.717, 1.165) is 0 Å². The number of hydrogen-bond donors (Lipinski definition) is 0. The number of esters is 1. The summed E-state index contributed by atoms with van der Waals surface area (Å²) in [6.45, 7) is 0.0227. The van der Waals surface area contributed by atoms with Crippen LogP contribution in [0, 0.1) is 0 Å². The highest BCUT2D eigenvalue weighted by atomic mass is 16.6. The number of hydrogen-bond acceptors (Lipinski definition) is 7. The molecule has 1 aliphatic heterocycles. The van der Waals surface area contributed by atoms with Crippen LogP contribution in [0.1, 0.15) is 0 Å². The summed E-state index contributed by atoms with van der Waals surface area (Å²) in [5, 5.41) is 0. The molecule has 0 aliphatic carbocycles. The van der Waals surface area contributed by atoms with E-state index in [1.54, 1.807) is 7.05 Å². The van der Waals surface area contributed by atoms with Crippen LogP contribution in [-0.4, -0.2) is 57.2 Å². The van der Waals surface area contributed by atoms with Gasteiger partial charge in [-0.15, -0.1) is 0 Å². The molecular formula is C11H14BNO6. The van der Waals surface area contributed by atoms with Crippen molar-refractivity contribution in [1.82, 2.24) is 4.90 Å². The molecule has 0 aromatic carbocycles. The number of rotatable bonds is 3. The summed E-state index contributed by atoms with van der Waals surface area (Å²) in [5.74, 6) is -0.165. The Labute approximate surface area is 110 Å². The predicted octanol–water partition coefficient (Wildman–Crippen LogP) is -0.669. The van der Waals surface area contributed by atoms with Crippen LogP contribution in [0.15, 0.2) is 24.2 Å². The standard InChI is InChI=1S/C11H14BNO6/c1-13-7-10(15)18-12(19-11(16)8-13)6-4-3-5-9(14)17-2/h3-6H,7-8H2,1-2H3/b5-3+,6-4+. The number of likely N-dealkylation sites (N-methyl/N-ethyl adjacent to an activating group) is 1. The fraction of sp³-hybridized carbons (Fsp3) is 0.364. The molecule has 1 aliphatic rings. The van der Waals surface area contributed by atoms with Gasteiger partial charge >= 0.3 is 25.0 Å². The van der Waals surface area contributed by atoms with Crippen LogP contribution in [0.25, 0.3) is 0 Å². The highest BCUT2D eigenvalue weighted by molar-refractivity contribution is 6.54. The molecule has 0 atom stereocenters. The van der Waals surface area contributed by atoms with Gasteiger partial charge in [0, 0.05) is 6.08 Å². The number of carbonyl (C=O) groups excluding carboxylic acids is 3. The molecular weight excluding hydrogens is 253 g/mol. The molecule has 0 radical (unpaired) electrons. The normalized spacial score (nSPS) is 18.1. The summed E-state index contributed by atoms with van der Waals surface area (Å²) < 4.78 is 14.2. The number of nitrogens with zero attached hydrogens (tertiary/aromatic N) is 1. The van der Waals surface area contributed by atoms with E-state index < -0.39 is 25.0 Å². The van der Waals surface area contributed by atoms with E-state index in [1.165, 1.54) is 36.2 Å². The van der Waals surface area contributed by atoms with Crippen LogP contribution in [-0.2, 0) is 28.4 Å². The monoisotopic (exact) mass is 267 g/mol.